The summed E-state index contributed by atoms with van der Waals surface area (Å²) >= 11 is 1.43. The number of anilines is 1. The minimum Gasteiger partial charge on any atom is -0.478 e. The minimum atomic E-state index is -1.07. The van der Waals surface area contributed by atoms with Crippen LogP contribution < -0.4 is 5.32 Å². The van der Waals surface area contributed by atoms with Gasteiger partial charge in [0.2, 0.25) is 5.91 Å². The number of nitrogens with zero attached hydrogens (tertiary/aromatic N) is 1. The molecule has 0 spiro atoms. The third-order valence-electron chi connectivity index (χ3n) is 3.80. The standard InChI is InChI=1S/C17H16N2O5S/c1-9-12(17(22)23)6-11(24-9)7-19(2)16(21)10-3-4-14-13(5-10)18-15(20)8-25-14/h3-6H,7-8H2,1-2H3,(H,18,20)(H,22,23). The lowest BCUT2D eigenvalue weighted by Gasteiger charge is -2.19. The van der Waals surface area contributed by atoms with E-state index < -0.39 is 5.97 Å². The van der Waals surface area contributed by atoms with E-state index in [1.807, 2.05) is 0 Å². The molecule has 130 valence electrons. The predicted molar refractivity (Wildman–Crippen MR) is 92.0 cm³/mol. The SMILES string of the molecule is Cc1oc(CN(C)C(=O)c2ccc3c(c2)NC(=O)CS3)cc1C(=O)O. The van der Waals surface area contributed by atoms with E-state index >= 15 is 0 Å². The van der Waals surface area contributed by atoms with E-state index in [0.29, 0.717) is 28.5 Å². The molecule has 0 saturated carbocycles. The van der Waals surface area contributed by atoms with E-state index in [0.717, 1.165) is 4.90 Å². The number of carboxylic acid groups (broad SMARTS) is 1. The Morgan fingerprint density at radius 3 is 2.80 bits per heavy atom. The quantitative estimate of drug-likeness (QED) is 0.869. The maximum absolute atomic E-state index is 12.6. The van der Waals surface area contributed by atoms with Crippen LogP contribution in [-0.2, 0) is 11.3 Å². The number of furan rings is 1. The monoisotopic (exact) mass is 360 g/mol. The highest BCUT2D eigenvalue weighted by molar-refractivity contribution is 8.00. The van der Waals surface area contributed by atoms with Gasteiger partial charge in [-0.3, -0.25) is 9.59 Å². The molecule has 2 amide bonds. The molecule has 0 radical (unpaired) electrons. The molecule has 0 saturated heterocycles. The van der Waals surface area contributed by atoms with Crippen LogP contribution in [0, 0.1) is 6.92 Å². The lowest BCUT2D eigenvalue weighted by molar-refractivity contribution is -0.113. The lowest BCUT2D eigenvalue weighted by Crippen LogP contribution is -2.26. The van der Waals surface area contributed by atoms with Crippen molar-refractivity contribution in [1.82, 2.24) is 4.90 Å². The number of hydrogen-bond donors (Lipinski definition) is 2. The van der Waals surface area contributed by atoms with Gasteiger partial charge >= 0.3 is 5.97 Å². The smallest absolute Gasteiger partial charge is 0.339 e. The van der Waals surface area contributed by atoms with E-state index in [9.17, 15) is 14.4 Å². The fraction of sp³-hybridized carbons (Fsp3) is 0.235. The van der Waals surface area contributed by atoms with Crippen molar-refractivity contribution in [2.45, 2.75) is 18.4 Å². The second kappa shape index (κ2) is 6.64. The summed E-state index contributed by atoms with van der Waals surface area (Å²) in [6.07, 6.45) is 0. The first kappa shape index (κ1) is 17.1. The summed E-state index contributed by atoms with van der Waals surface area (Å²) in [5.41, 5.74) is 1.15. The third kappa shape index (κ3) is 3.53. The number of rotatable bonds is 4. The van der Waals surface area contributed by atoms with Crippen molar-refractivity contribution in [2.75, 3.05) is 18.1 Å². The molecule has 0 unspecified atom stereocenters. The van der Waals surface area contributed by atoms with Crippen LogP contribution in [0.1, 0.15) is 32.2 Å². The molecule has 0 bridgehead atoms. The van der Waals surface area contributed by atoms with Crippen molar-refractivity contribution >= 4 is 35.2 Å². The van der Waals surface area contributed by atoms with Crippen molar-refractivity contribution < 1.29 is 23.9 Å². The van der Waals surface area contributed by atoms with Gasteiger partial charge in [-0.1, -0.05) is 0 Å². The van der Waals surface area contributed by atoms with Crippen LogP contribution in [0.25, 0.3) is 0 Å². The van der Waals surface area contributed by atoms with Crippen LogP contribution in [0.5, 0.6) is 0 Å². The zero-order valence-corrected chi connectivity index (χ0v) is 14.5. The van der Waals surface area contributed by atoms with Crippen LogP contribution in [0.4, 0.5) is 5.69 Å². The fourth-order valence-electron chi connectivity index (χ4n) is 2.58. The zero-order valence-electron chi connectivity index (χ0n) is 13.7. The van der Waals surface area contributed by atoms with Gasteiger partial charge in [0.15, 0.2) is 0 Å². The van der Waals surface area contributed by atoms with Gasteiger partial charge in [-0.15, -0.1) is 11.8 Å². The molecule has 0 aliphatic carbocycles. The van der Waals surface area contributed by atoms with Crippen molar-refractivity contribution in [1.29, 1.82) is 0 Å². The second-order valence-electron chi connectivity index (χ2n) is 5.70. The van der Waals surface area contributed by atoms with Gasteiger partial charge in [-0.2, -0.15) is 0 Å². The van der Waals surface area contributed by atoms with Gasteiger partial charge in [0.25, 0.3) is 5.91 Å². The summed E-state index contributed by atoms with van der Waals surface area (Å²) in [4.78, 5) is 37.5. The number of thioether (sulfide) groups is 1. The van der Waals surface area contributed by atoms with E-state index in [1.54, 1.807) is 32.2 Å². The molecular weight excluding hydrogens is 344 g/mol. The van der Waals surface area contributed by atoms with Gasteiger partial charge in [-0.05, 0) is 31.2 Å². The largest absolute Gasteiger partial charge is 0.478 e. The van der Waals surface area contributed by atoms with Crippen LogP contribution in [0.3, 0.4) is 0 Å². The number of hydrogen-bond acceptors (Lipinski definition) is 5. The first-order chi connectivity index (χ1) is 11.8. The normalized spacial score (nSPS) is 13.1. The van der Waals surface area contributed by atoms with Gasteiger partial charge in [0.1, 0.15) is 17.1 Å². The van der Waals surface area contributed by atoms with Crippen LogP contribution in [0.15, 0.2) is 33.6 Å². The van der Waals surface area contributed by atoms with Crippen molar-refractivity contribution in [3.05, 3.63) is 46.9 Å². The maximum Gasteiger partial charge on any atom is 0.339 e. The Balaban J connectivity index is 1.76. The zero-order chi connectivity index (χ0) is 18.1. The number of carbonyl (C=O) groups is 3. The van der Waals surface area contributed by atoms with Crippen molar-refractivity contribution in [2.24, 2.45) is 0 Å². The Labute approximate surface area is 148 Å². The molecule has 2 aromatic rings. The minimum absolute atomic E-state index is 0.0874. The number of carboxylic acids is 1. The lowest BCUT2D eigenvalue weighted by atomic mass is 10.1. The Morgan fingerprint density at radius 2 is 2.12 bits per heavy atom. The maximum atomic E-state index is 12.6. The average molecular weight is 360 g/mol. The Kier molecular flexibility index (Phi) is 4.54. The highest BCUT2D eigenvalue weighted by atomic mass is 32.2. The van der Waals surface area contributed by atoms with E-state index in [-0.39, 0.29) is 23.9 Å². The molecule has 7 nitrogen and oxygen atoms in total. The highest BCUT2D eigenvalue weighted by Gasteiger charge is 2.20. The van der Waals surface area contributed by atoms with Crippen molar-refractivity contribution in [3.63, 3.8) is 0 Å². The molecule has 1 aromatic heterocycles. The Hall–Kier alpha value is -2.74. The molecule has 1 aromatic carbocycles. The number of aromatic carboxylic acids is 1. The van der Waals surface area contributed by atoms with E-state index in [1.165, 1.54) is 22.7 Å². The molecule has 3 rings (SSSR count). The van der Waals surface area contributed by atoms with Gasteiger partial charge < -0.3 is 19.7 Å². The number of aryl methyl sites for hydroxylation is 1. The third-order valence-corrected chi connectivity index (χ3v) is 4.87. The summed E-state index contributed by atoms with van der Waals surface area (Å²) in [5.74, 6) is -0.348. The summed E-state index contributed by atoms with van der Waals surface area (Å²) in [5, 5.41) is 11.8. The molecule has 2 heterocycles. The summed E-state index contributed by atoms with van der Waals surface area (Å²) in [7, 11) is 1.60. The van der Waals surface area contributed by atoms with Crippen LogP contribution in [-0.4, -0.2) is 40.6 Å². The molecule has 1 aliphatic rings. The predicted octanol–water partition coefficient (Wildman–Crippen LogP) is 2.60. The topological polar surface area (TPSA) is 99.9 Å². The molecule has 8 heteroatoms. The molecular formula is C17H16N2O5S. The van der Waals surface area contributed by atoms with Crippen LogP contribution >= 0.6 is 11.8 Å². The van der Waals surface area contributed by atoms with Gasteiger partial charge in [-0.25, -0.2) is 4.79 Å². The number of amides is 2. The molecule has 1 aliphatic heterocycles. The number of benzene rings is 1. The summed E-state index contributed by atoms with van der Waals surface area (Å²) < 4.78 is 5.40. The molecule has 25 heavy (non-hydrogen) atoms. The average Bonchev–Trinajstić information content (AvgIpc) is 2.94. The molecule has 0 atom stereocenters. The summed E-state index contributed by atoms with van der Waals surface area (Å²) in [6, 6.07) is 6.58. The Morgan fingerprint density at radius 1 is 1.36 bits per heavy atom. The second-order valence-corrected chi connectivity index (χ2v) is 6.71. The van der Waals surface area contributed by atoms with Crippen LogP contribution in [0.2, 0.25) is 0 Å². The first-order valence-corrected chi connectivity index (χ1v) is 8.48. The number of nitrogens with one attached hydrogen (secondary N) is 1. The Bertz CT molecular complexity index is 874. The summed E-state index contributed by atoms with van der Waals surface area (Å²) in [6.45, 7) is 1.71. The van der Waals surface area contributed by atoms with Crippen molar-refractivity contribution in [3.8, 4) is 0 Å². The van der Waals surface area contributed by atoms with E-state index in [2.05, 4.69) is 5.32 Å². The first-order valence-electron chi connectivity index (χ1n) is 7.50. The highest BCUT2D eigenvalue weighted by Crippen LogP contribution is 2.32. The van der Waals surface area contributed by atoms with Gasteiger partial charge in [0.05, 0.1) is 18.0 Å². The number of fused-ring (bicyclic) bond motifs is 1. The molecule has 2 N–H and O–H groups in total. The van der Waals surface area contributed by atoms with Gasteiger partial charge in [0, 0.05) is 17.5 Å². The number of carbonyl (C=O) groups excluding carboxylic acids is 2. The van der Waals surface area contributed by atoms with E-state index in [4.69, 9.17) is 9.52 Å². The fourth-order valence-corrected chi connectivity index (χ4v) is 3.36. The molecule has 0 fully saturated rings.